The Balaban J connectivity index is 1.30. The Labute approximate surface area is 190 Å². The Bertz CT molecular complexity index is 1020. The van der Waals surface area contributed by atoms with Crippen molar-refractivity contribution in [3.05, 3.63) is 29.7 Å². The lowest BCUT2D eigenvalue weighted by Crippen LogP contribution is -2.39. The van der Waals surface area contributed by atoms with Gasteiger partial charge >= 0.3 is 0 Å². The fourth-order valence-corrected chi connectivity index (χ4v) is 5.11. The molecule has 0 radical (unpaired) electrons. The Morgan fingerprint density at radius 1 is 1.03 bits per heavy atom. The lowest BCUT2D eigenvalue weighted by Gasteiger charge is -2.28. The minimum absolute atomic E-state index is 0.274. The summed E-state index contributed by atoms with van der Waals surface area (Å²) in [4.78, 5) is 19.3. The summed E-state index contributed by atoms with van der Waals surface area (Å²) in [5.41, 5.74) is 1.93. The van der Waals surface area contributed by atoms with Gasteiger partial charge in [0.1, 0.15) is 5.82 Å². The van der Waals surface area contributed by atoms with Crippen LogP contribution in [0.15, 0.2) is 24.4 Å². The van der Waals surface area contributed by atoms with Gasteiger partial charge in [0.15, 0.2) is 5.82 Å². The summed E-state index contributed by atoms with van der Waals surface area (Å²) >= 11 is 7.89. The molecule has 10 heteroatoms. The van der Waals surface area contributed by atoms with Crippen LogP contribution in [0.4, 0.5) is 11.6 Å². The van der Waals surface area contributed by atoms with E-state index in [2.05, 4.69) is 42.2 Å². The molecule has 0 aliphatic carbocycles. The quantitative estimate of drug-likeness (QED) is 0.563. The molecule has 3 aromatic heterocycles. The highest BCUT2D eigenvalue weighted by molar-refractivity contribution is 7.22. The molecule has 0 unspecified atom stereocenters. The van der Waals surface area contributed by atoms with Crippen LogP contribution in [0.1, 0.15) is 0 Å². The number of anilines is 2. The van der Waals surface area contributed by atoms with Gasteiger partial charge in [0.25, 0.3) is 0 Å². The molecular weight excluding hydrogens is 436 g/mol. The van der Waals surface area contributed by atoms with Crippen LogP contribution in [-0.4, -0.2) is 85.5 Å². The number of hydrogen-bond acceptors (Lipinski definition) is 9. The number of nitrogens with one attached hydrogen (secondary N) is 1. The molecule has 0 aromatic carbocycles. The minimum Gasteiger partial charge on any atom is -0.379 e. The molecule has 0 amide bonds. The Morgan fingerprint density at radius 3 is 2.55 bits per heavy atom. The molecule has 5 heterocycles. The van der Waals surface area contributed by atoms with Crippen LogP contribution in [0.5, 0.6) is 0 Å². The molecule has 8 nitrogen and oxygen atoms in total. The van der Waals surface area contributed by atoms with Crippen LogP contribution in [-0.2, 0) is 9.47 Å². The second-order valence-electron chi connectivity index (χ2n) is 7.55. The zero-order valence-electron chi connectivity index (χ0n) is 17.2. The second kappa shape index (κ2) is 9.62. The number of pyridine rings is 1. The van der Waals surface area contributed by atoms with Crippen LogP contribution in [0.3, 0.4) is 0 Å². The molecule has 2 fully saturated rings. The van der Waals surface area contributed by atoms with Crippen molar-refractivity contribution >= 4 is 44.8 Å². The van der Waals surface area contributed by atoms with E-state index in [1.807, 2.05) is 12.3 Å². The molecule has 2 aliphatic heterocycles. The van der Waals surface area contributed by atoms with E-state index in [0.717, 1.165) is 84.8 Å². The average molecular weight is 461 g/mol. The summed E-state index contributed by atoms with van der Waals surface area (Å²) in [6.07, 6.45) is 1.91. The Hall–Kier alpha value is -2.04. The molecule has 164 valence electrons. The predicted octanol–water partition coefficient (Wildman–Crippen LogP) is 2.99. The highest BCUT2D eigenvalue weighted by Gasteiger charge is 2.19. The fraction of sp³-hybridized carbons (Fsp3) is 0.476. The third-order valence-corrected chi connectivity index (χ3v) is 6.86. The number of ether oxygens (including phenoxy) is 2. The van der Waals surface area contributed by atoms with Crippen molar-refractivity contribution in [1.29, 1.82) is 0 Å². The molecule has 0 bridgehead atoms. The van der Waals surface area contributed by atoms with Gasteiger partial charge in [-0.1, -0.05) is 0 Å². The second-order valence-corrected chi connectivity index (χ2v) is 8.94. The number of morpholine rings is 2. The normalized spacial score (nSPS) is 17.9. The van der Waals surface area contributed by atoms with Crippen molar-refractivity contribution in [2.24, 2.45) is 0 Å². The van der Waals surface area contributed by atoms with Crippen LogP contribution in [0, 0.1) is 0 Å². The van der Waals surface area contributed by atoms with E-state index in [-0.39, 0.29) is 5.28 Å². The standard InChI is InChI=1S/C21H25ClN6O2S/c22-21-25-16-13-17(31-19(16)20(26-21)28-7-11-30-12-8-28)15-1-2-18(24-14-15)23-3-4-27-5-9-29-10-6-27/h1-2,13-14H,3-12H2,(H,23,24). The van der Waals surface area contributed by atoms with Crippen molar-refractivity contribution in [2.75, 3.05) is 75.9 Å². The number of hydrogen-bond donors (Lipinski definition) is 1. The summed E-state index contributed by atoms with van der Waals surface area (Å²) in [6, 6.07) is 6.19. The monoisotopic (exact) mass is 460 g/mol. The predicted molar refractivity (Wildman–Crippen MR) is 124 cm³/mol. The van der Waals surface area contributed by atoms with Gasteiger partial charge < -0.3 is 19.7 Å². The molecule has 0 atom stereocenters. The molecule has 2 aliphatic rings. The van der Waals surface area contributed by atoms with E-state index in [1.165, 1.54) is 0 Å². The average Bonchev–Trinajstić information content (AvgIpc) is 3.24. The van der Waals surface area contributed by atoms with E-state index in [4.69, 9.17) is 21.1 Å². The van der Waals surface area contributed by atoms with E-state index in [9.17, 15) is 0 Å². The minimum atomic E-state index is 0.274. The van der Waals surface area contributed by atoms with Crippen molar-refractivity contribution < 1.29 is 9.47 Å². The molecule has 1 N–H and O–H groups in total. The summed E-state index contributed by atoms with van der Waals surface area (Å²) in [5.74, 6) is 1.78. The van der Waals surface area contributed by atoms with Crippen molar-refractivity contribution in [3.63, 3.8) is 0 Å². The van der Waals surface area contributed by atoms with Gasteiger partial charge in [0.05, 0.1) is 36.6 Å². The zero-order chi connectivity index (χ0) is 21.0. The van der Waals surface area contributed by atoms with Gasteiger partial charge in [0.2, 0.25) is 5.28 Å². The summed E-state index contributed by atoms with van der Waals surface area (Å²) in [7, 11) is 0. The van der Waals surface area contributed by atoms with Crippen molar-refractivity contribution in [2.45, 2.75) is 0 Å². The summed E-state index contributed by atoms with van der Waals surface area (Å²) < 4.78 is 11.9. The first-order valence-electron chi connectivity index (χ1n) is 10.6. The van der Waals surface area contributed by atoms with Crippen LogP contribution in [0.2, 0.25) is 5.28 Å². The number of nitrogens with zero attached hydrogens (tertiary/aromatic N) is 5. The maximum absolute atomic E-state index is 6.22. The highest BCUT2D eigenvalue weighted by atomic mass is 35.5. The molecular formula is C21H25ClN6O2S. The molecule has 2 saturated heterocycles. The van der Waals surface area contributed by atoms with Gasteiger partial charge in [-0.25, -0.2) is 9.97 Å². The van der Waals surface area contributed by atoms with Gasteiger partial charge in [-0.3, -0.25) is 4.90 Å². The Morgan fingerprint density at radius 2 is 1.81 bits per heavy atom. The summed E-state index contributed by atoms with van der Waals surface area (Å²) in [5, 5.41) is 3.68. The van der Waals surface area contributed by atoms with Crippen LogP contribution < -0.4 is 10.2 Å². The SMILES string of the molecule is Clc1nc(N2CCOCC2)c2sc(-c3ccc(NCCN4CCOCC4)nc3)cc2n1. The molecule has 31 heavy (non-hydrogen) atoms. The first kappa shape index (κ1) is 20.8. The third kappa shape index (κ3) is 4.91. The molecule has 3 aromatic rings. The van der Waals surface area contributed by atoms with E-state index < -0.39 is 0 Å². The van der Waals surface area contributed by atoms with Crippen molar-refractivity contribution in [3.8, 4) is 10.4 Å². The first-order chi connectivity index (χ1) is 15.3. The lowest BCUT2D eigenvalue weighted by molar-refractivity contribution is 0.0398. The Kier molecular flexibility index (Phi) is 6.47. The molecule has 0 saturated carbocycles. The highest BCUT2D eigenvalue weighted by Crippen LogP contribution is 2.38. The third-order valence-electron chi connectivity index (χ3n) is 5.52. The maximum Gasteiger partial charge on any atom is 0.224 e. The number of aromatic nitrogens is 3. The van der Waals surface area contributed by atoms with Gasteiger partial charge in [-0.2, -0.15) is 4.98 Å². The number of rotatable bonds is 6. The maximum atomic E-state index is 6.22. The number of halogens is 1. The fourth-order valence-electron chi connectivity index (χ4n) is 3.83. The van der Waals surface area contributed by atoms with E-state index in [0.29, 0.717) is 13.2 Å². The first-order valence-corrected chi connectivity index (χ1v) is 11.8. The van der Waals surface area contributed by atoms with Crippen LogP contribution >= 0.6 is 22.9 Å². The summed E-state index contributed by atoms with van der Waals surface area (Å²) in [6.45, 7) is 8.52. The van der Waals surface area contributed by atoms with Gasteiger partial charge in [-0.15, -0.1) is 11.3 Å². The van der Waals surface area contributed by atoms with Gasteiger partial charge in [-0.05, 0) is 29.8 Å². The molecule has 5 rings (SSSR count). The molecule has 0 spiro atoms. The smallest absolute Gasteiger partial charge is 0.224 e. The topological polar surface area (TPSA) is 75.6 Å². The number of fused-ring (bicyclic) bond motifs is 1. The largest absolute Gasteiger partial charge is 0.379 e. The van der Waals surface area contributed by atoms with E-state index in [1.54, 1.807) is 11.3 Å². The number of thiophene rings is 1. The van der Waals surface area contributed by atoms with Crippen molar-refractivity contribution in [1.82, 2.24) is 19.9 Å². The lowest BCUT2D eigenvalue weighted by atomic mass is 10.2. The van der Waals surface area contributed by atoms with E-state index >= 15 is 0 Å². The van der Waals surface area contributed by atoms with Crippen LogP contribution in [0.25, 0.3) is 20.7 Å². The zero-order valence-corrected chi connectivity index (χ0v) is 18.8. The van der Waals surface area contributed by atoms with Gasteiger partial charge in [0, 0.05) is 55.9 Å².